The van der Waals surface area contributed by atoms with Gasteiger partial charge >= 0.3 is 0 Å². The van der Waals surface area contributed by atoms with Crippen molar-refractivity contribution in [3.8, 4) is 6.07 Å². The summed E-state index contributed by atoms with van der Waals surface area (Å²) in [7, 11) is -3.37. The van der Waals surface area contributed by atoms with Gasteiger partial charge in [0.1, 0.15) is 11.3 Å². The monoisotopic (exact) mass is 324 g/mol. The van der Waals surface area contributed by atoms with Crippen molar-refractivity contribution in [3.05, 3.63) is 35.9 Å². The molecule has 0 radical (unpaired) electrons. The highest BCUT2D eigenvalue weighted by atomic mass is 32.2. The van der Waals surface area contributed by atoms with Gasteiger partial charge in [0.15, 0.2) is 9.84 Å². The molecule has 1 aliphatic rings. The van der Waals surface area contributed by atoms with Gasteiger partial charge in [-0.05, 0) is 5.56 Å². The number of benzene rings is 1. The van der Waals surface area contributed by atoms with Crippen molar-refractivity contribution in [3.63, 3.8) is 0 Å². The number of carbonyl (C=O) groups excluding carboxylic acids is 1. The summed E-state index contributed by atoms with van der Waals surface area (Å²) in [6.45, 7) is 0.353. The van der Waals surface area contributed by atoms with Gasteiger partial charge in [0.2, 0.25) is 5.91 Å². The second-order valence-electron chi connectivity index (χ2n) is 4.86. The van der Waals surface area contributed by atoms with E-state index in [9.17, 15) is 18.5 Å². The first-order chi connectivity index (χ1) is 9.95. The number of hydrogen-bond donors (Lipinski definition) is 0. The van der Waals surface area contributed by atoms with E-state index in [-0.39, 0.29) is 0 Å². The van der Waals surface area contributed by atoms with Crippen LogP contribution in [0.25, 0.3) is 0 Å². The number of sulfone groups is 1. The lowest BCUT2D eigenvalue weighted by atomic mass is 9.99. The molecule has 0 N–H and O–H groups in total. The van der Waals surface area contributed by atoms with Crippen molar-refractivity contribution >= 4 is 27.5 Å². The first-order valence-electron chi connectivity index (χ1n) is 6.47. The van der Waals surface area contributed by atoms with Crippen LogP contribution in [-0.2, 0) is 14.6 Å². The Balaban J connectivity index is 2.30. The maximum Gasteiger partial charge on any atom is 0.245 e. The SMILES string of the molecule is CS(=O)(=O)C1CSCCN1C(=O)C(C#N)c1ccccc1. The number of amides is 1. The van der Waals surface area contributed by atoms with Crippen LogP contribution < -0.4 is 0 Å². The van der Waals surface area contributed by atoms with Gasteiger partial charge in [-0.15, -0.1) is 0 Å². The molecular weight excluding hydrogens is 308 g/mol. The van der Waals surface area contributed by atoms with Crippen LogP contribution in [0.4, 0.5) is 0 Å². The molecule has 1 aliphatic heterocycles. The molecule has 0 spiro atoms. The average Bonchev–Trinajstić information content (AvgIpc) is 2.48. The van der Waals surface area contributed by atoms with Gasteiger partial charge < -0.3 is 4.90 Å². The highest BCUT2D eigenvalue weighted by molar-refractivity contribution is 8.00. The number of hydrogen-bond acceptors (Lipinski definition) is 5. The highest BCUT2D eigenvalue weighted by Gasteiger charge is 2.37. The molecule has 1 aromatic rings. The van der Waals surface area contributed by atoms with Crippen LogP contribution in [0.3, 0.4) is 0 Å². The van der Waals surface area contributed by atoms with Crippen LogP contribution in [0.5, 0.6) is 0 Å². The van der Waals surface area contributed by atoms with Gasteiger partial charge in [0, 0.05) is 24.3 Å². The van der Waals surface area contributed by atoms with Gasteiger partial charge in [-0.25, -0.2) is 8.42 Å². The third kappa shape index (κ3) is 3.57. The van der Waals surface area contributed by atoms with Crippen molar-refractivity contribution in [1.82, 2.24) is 4.90 Å². The van der Waals surface area contributed by atoms with E-state index in [0.29, 0.717) is 23.6 Å². The van der Waals surface area contributed by atoms with Crippen LogP contribution in [0.15, 0.2) is 30.3 Å². The topological polar surface area (TPSA) is 78.2 Å². The average molecular weight is 324 g/mol. The molecule has 112 valence electrons. The molecular formula is C14H16N2O3S2. The lowest BCUT2D eigenvalue weighted by Crippen LogP contribution is -2.51. The van der Waals surface area contributed by atoms with E-state index in [0.717, 1.165) is 6.26 Å². The van der Waals surface area contributed by atoms with Crippen molar-refractivity contribution < 1.29 is 13.2 Å². The maximum atomic E-state index is 12.6. The number of thioether (sulfide) groups is 1. The van der Waals surface area contributed by atoms with Crippen LogP contribution in [0.2, 0.25) is 0 Å². The summed E-state index contributed by atoms with van der Waals surface area (Å²) >= 11 is 1.51. The Morgan fingerprint density at radius 3 is 2.67 bits per heavy atom. The minimum atomic E-state index is -3.37. The molecule has 21 heavy (non-hydrogen) atoms. The molecule has 1 aromatic carbocycles. The van der Waals surface area contributed by atoms with E-state index < -0.39 is 27.0 Å². The zero-order valence-electron chi connectivity index (χ0n) is 11.6. The summed E-state index contributed by atoms with van der Waals surface area (Å²) < 4.78 is 23.7. The van der Waals surface area contributed by atoms with E-state index in [1.165, 1.54) is 16.7 Å². The summed E-state index contributed by atoms with van der Waals surface area (Å²) in [5, 5.41) is 8.47. The lowest BCUT2D eigenvalue weighted by molar-refractivity contribution is -0.131. The third-order valence-electron chi connectivity index (χ3n) is 3.37. The van der Waals surface area contributed by atoms with Gasteiger partial charge in [0.05, 0.1) is 6.07 Å². The van der Waals surface area contributed by atoms with Crippen molar-refractivity contribution in [2.24, 2.45) is 0 Å². The molecule has 2 rings (SSSR count). The summed E-state index contributed by atoms with van der Waals surface area (Å²) in [4.78, 5) is 14.0. The summed E-state index contributed by atoms with van der Waals surface area (Å²) in [6, 6.07) is 10.7. The largest absolute Gasteiger partial charge is 0.323 e. The first kappa shape index (κ1) is 15.9. The van der Waals surface area contributed by atoms with Crippen LogP contribution >= 0.6 is 11.8 Å². The minimum Gasteiger partial charge on any atom is -0.323 e. The fourth-order valence-electron chi connectivity index (χ4n) is 2.27. The Labute approximate surface area is 128 Å². The van der Waals surface area contributed by atoms with Gasteiger partial charge in [-0.2, -0.15) is 17.0 Å². The fourth-order valence-corrected chi connectivity index (χ4v) is 5.09. The van der Waals surface area contributed by atoms with Crippen LogP contribution in [0, 0.1) is 11.3 Å². The van der Waals surface area contributed by atoms with Crippen molar-refractivity contribution in [1.29, 1.82) is 5.26 Å². The van der Waals surface area contributed by atoms with Crippen molar-refractivity contribution in [2.75, 3.05) is 24.3 Å². The second-order valence-corrected chi connectivity index (χ2v) is 8.22. The Bertz CT molecular complexity index is 653. The summed E-state index contributed by atoms with van der Waals surface area (Å²) in [5.74, 6) is -0.347. The zero-order chi connectivity index (χ0) is 15.5. The predicted octanol–water partition coefficient (Wildman–Crippen LogP) is 1.24. The molecule has 1 saturated heterocycles. The molecule has 0 aliphatic carbocycles. The Morgan fingerprint density at radius 1 is 1.43 bits per heavy atom. The molecule has 1 amide bonds. The fraction of sp³-hybridized carbons (Fsp3) is 0.429. The van der Waals surface area contributed by atoms with Crippen LogP contribution in [-0.4, -0.2) is 48.9 Å². The van der Waals surface area contributed by atoms with E-state index in [1.807, 2.05) is 6.07 Å². The van der Waals surface area contributed by atoms with Gasteiger partial charge in [-0.3, -0.25) is 4.79 Å². The zero-order valence-corrected chi connectivity index (χ0v) is 13.2. The number of nitriles is 1. The Kier molecular flexibility index (Phi) is 4.91. The van der Waals surface area contributed by atoms with E-state index in [4.69, 9.17) is 0 Å². The van der Waals surface area contributed by atoms with Crippen molar-refractivity contribution in [2.45, 2.75) is 11.3 Å². The van der Waals surface area contributed by atoms with E-state index >= 15 is 0 Å². The molecule has 1 fully saturated rings. The summed E-state index contributed by atoms with van der Waals surface area (Å²) in [5.41, 5.74) is 0.593. The Hall–Kier alpha value is -1.52. The molecule has 0 saturated carbocycles. The molecule has 2 unspecified atom stereocenters. The van der Waals surface area contributed by atoms with Gasteiger partial charge in [0.25, 0.3) is 0 Å². The lowest BCUT2D eigenvalue weighted by Gasteiger charge is -2.35. The minimum absolute atomic E-state index is 0.353. The third-order valence-corrected chi connectivity index (χ3v) is 6.01. The summed E-state index contributed by atoms with van der Waals surface area (Å²) in [6.07, 6.45) is 1.13. The second kappa shape index (κ2) is 6.50. The number of nitrogens with zero attached hydrogens (tertiary/aromatic N) is 2. The molecule has 5 nitrogen and oxygen atoms in total. The molecule has 0 bridgehead atoms. The molecule has 2 atom stereocenters. The highest BCUT2D eigenvalue weighted by Crippen LogP contribution is 2.25. The quantitative estimate of drug-likeness (QED) is 0.836. The normalized spacial score (nSPS) is 20.6. The Morgan fingerprint density at radius 2 is 2.10 bits per heavy atom. The van der Waals surface area contributed by atoms with Gasteiger partial charge in [-0.1, -0.05) is 30.3 Å². The predicted molar refractivity (Wildman–Crippen MR) is 82.5 cm³/mol. The van der Waals surface area contributed by atoms with E-state index in [1.54, 1.807) is 30.3 Å². The van der Waals surface area contributed by atoms with Crippen LogP contribution in [0.1, 0.15) is 11.5 Å². The van der Waals surface area contributed by atoms with E-state index in [2.05, 4.69) is 0 Å². The first-order valence-corrected chi connectivity index (χ1v) is 9.57. The molecule has 0 aromatic heterocycles. The standard InChI is InChI=1S/C14H16N2O3S2/c1-21(18,19)13-10-20-8-7-16(13)14(17)12(9-15)11-5-3-2-4-6-11/h2-6,12-13H,7-8,10H2,1H3. The smallest absolute Gasteiger partial charge is 0.245 e. The molecule has 1 heterocycles. The number of rotatable bonds is 3. The maximum absolute atomic E-state index is 12.6. The number of carbonyl (C=O) groups is 1. The molecule has 7 heteroatoms.